The quantitative estimate of drug-likeness (QED) is 0.592. The van der Waals surface area contributed by atoms with Crippen molar-refractivity contribution in [3.63, 3.8) is 0 Å². The second-order valence-corrected chi connectivity index (χ2v) is 4.35. The zero-order valence-electron chi connectivity index (χ0n) is 7.87. The largest absolute Gasteiger partial charge is 0.393 e. The van der Waals surface area contributed by atoms with Crippen LogP contribution < -0.4 is 0 Å². The number of nitrogens with zero attached hydrogens (tertiary/aromatic N) is 1. The van der Waals surface area contributed by atoms with Crippen molar-refractivity contribution in [2.45, 2.75) is 57.2 Å². The van der Waals surface area contributed by atoms with Gasteiger partial charge in [0.15, 0.2) is 0 Å². The molecule has 0 bridgehead atoms. The summed E-state index contributed by atoms with van der Waals surface area (Å²) in [6, 6.07) is 1.45. The van der Waals surface area contributed by atoms with Crippen LogP contribution in [-0.2, 0) is 0 Å². The standard InChI is InChI=1S/C10H19NO/c1-8-3-2-4-9-7-10(12)5-6-11(8)9/h8-10,12H,2-7H2,1H3/t8-,9-,10-/m0/s1. The minimum atomic E-state index is -0.0171. The third-order valence-electron chi connectivity index (χ3n) is 3.46. The van der Waals surface area contributed by atoms with Crippen molar-refractivity contribution in [3.8, 4) is 0 Å². The molecule has 3 atom stereocenters. The lowest BCUT2D eigenvalue weighted by atomic mass is 9.88. The number of fused-ring (bicyclic) bond motifs is 1. The van der Waals surface area contributed by atoms with E-state index >= 15 is 0 Å². The summed E-state index contributed by atoms with van der Waals surface area (Å²) < 4.78 is 0. The van der Waals surface area contributed by atoms with Gasteiger partial charge in [0.2, 0.25) is 0 Å². The number of rotatable bonds is 0. The molecule has 0 unspecified atom stereocenters. The Morgan fingerprint density at radius 3 is 2.92 bits per heavy atom. The average Bonchev–Trinajstić information content (AvgIpc) is 2.04. The third kappa shape index (κ3) is 1.50. The van der Waals surface area contributed by atoms with Crippen molar-refractivity contribution in [1.82, 2.24) is 4.90 Å². The second kappa shape index (κ2) is 3.35. The molecule has 0 radical (unpaired) electrons. The molecule has 12 heavy (non-hydrogen) atoms. The Morgan fingerprint density at radius 2 is 2.08 bits per heavy atom. The van der Waals surface area contributed by atoms with Crippen LogP contribution in [0.1, 0.15) is 39.0 Å². The van der Waals surface area contributed by atoms with Crippen molar-refractivity contribution >= 4 is 0 Å². The highest BCUT2D eigenvalue weighted by Crippen LogP contribution is 2.29. The normalized spacial score (nSPS) is 44.0. The van der Waals surface area contributed by atoms with Crippen LogP contribution in [0.3, 0.4) is 0 Å². The van der Waals surface area contributed by atoms with E-state index in [-0.39, 0.29) is 6.10 Å². The maximum Gasteiger partial charge on any atom is 0.0567 e. The molecule has 2 heteroatoms. The van der Waals surface area contributed by atoms with Gasteiger partial charge >= 0.3 is 0 Å². The van der Waals surface area contributed by atoms with E-state index in [2.05, 4.69) is 11.8 Å². The molecule has 0 aromatic heterocycles. The van der Waals surface area contributed by atoms with Gasteiger partial charge < -0.3 is 5.11 Å². The Labute approximate surface area is 74.6 Å². The molecule has 1 N–H and O–H groups in total. The van der Waals surface area contributed by atoms with Gasteiger partial charge in [-0.3, -0.25) is 4.90 Å². The van der Waals surface area contributed by atoms with Crippen LogP contribution in [0.4, 0.5) is 0 Å². The molecule has 0 aliphatic carbocycles. The Hall–Kier alpha value is -0.0800. The van der Waals surface area contributed by atoms with Crippen LogP contribution in [0.5, 0.6) is 0 Å². The minimum Gasteiger partial charge on any atom is -0.393 e. The predicted octanol–water partition coefficient (Wildman–Crippen LogP) is 1.38. The maximum atomic E-state index is 9.51. The molecular formula is C10H19NO. The average molecular weight is 169 g/mol. The van der Waals surface area contributed by atoms with Gasteiger partial charge in [-0.1, -0.05) is 6.42 Å². The zero-order valence-corrected chi connectivity index (χ0v) is 7.87. The summed E-state index contributed by atoms with van der Waals surface area (Å²) in [4.78, 5) is 2.59. The molecule has 0 aromatic carbocycles. The highest BCUT2D eigenvalue weighted by atomic mass is 16.3. The number of aliphatic hydroxyl groups excluding tert-OH is 1. The van der Waals surface area contributed by atoms with E-state index in [0.29, 0.717) is 6.04 Å². The third-order valence-corrected chi connectivity index (χ3v) is 3.46. The van der Waals surface area contributed by atoms with Crippen LogP contribution in [0.25, 0.3) is 0 Å². The summed E-state index contributed by atoms with van der Waals surface area (Å²) in [7, 11) is 0. The van der Waals surface area contributed by atoms with Crippen molar-refractivity contribution in [3.05, 3.63) is 0 Å². The smallest absolute Gasteiger partial charge is 0.0567 e. The van der Waals surface area contributed by atoms with Crippen LogP contribution in [0, 0.1) is 0 Å². The van der Waals surface area contributed by atoms with Crippen molar-refractivity contribution < 1.29 is 5.11 Å². The Bertz CT molecular complexity index is 160. The van der Waals surface area contributed by atoms with Crippen LogP contribution in [-0.4, -0.2) is 34.7 Å². The van der Waals surface area contributed by atoms with E-state index in [1.54, 1.807) is 0 Å². The predicted molar refractivity (Wildman–Crippen MR) is 49.0 cm³/mol. The van der Waals surface area contributed by atoms with E-state index < -0.39 is 0 Å². The lowest BCUT2D eigenvalue weighted by molar-refractivity contribution is -0.00192. The van der Waals surface area contributed by atoms with Gasteiger partial charge in [0.05, 0.1) is 6.10 Å². The molecule has 2 aliphatic rings. The Balaban J connectivity index is 1.99. The first kappa shape index (κ1) is 8.52. The molecule has 0 saturated carbocycles. The van der Waals surface area contributed by atoms with E-state index in [9.17, 15) is 5.11 Å². The molecule has 0 aromatic rings. The Morgan fingerprint density at radius 1 is 1.25 bits per heavy atom. The zero-order chi connectivity index (χ0) is 8.55. The molecular weight excluding hydrogens is 150 g/mol. The molecule has 2 rings (SSSR count). The molecule has 2 nitrogen and oxygen atoms in total. The fourth-order valence-electron chi connectivity index (χ4n) is 2.73. The molecule has 70 valence electrons. The minimum absolute atomic E-state index is 0.0171. The lowest BCUT2D eigenvalue weighted by Gasteiger charge is -2.45. The molecule has 2 fully saturated rings. The summed E-state index contributed by atoms with van der Waals surface area (Å²) in [5, 5.41) is 9.51. The van der Waals surface area contributed by atoms with Gasteiger partial charge in [0.1, 0.15) is 0 Å². The molecule has 2 aliphatic heterocycles. The van der Waals surface area contributed by atoms with Gasteiger partial charge in [0.25, 0.3) is 0 Å². The first-order valence-corrected chi connectivity index (χ1v) is 5.21. The molecule has 2 heterocycles. The van der Waals surface area contributed by atoms with Gasteiger partial charge in [-0.15, -0.1) is 0 Å². The summed E-state index contributed by atoms with van der Waals surface area (Å²) in [6.45, 7) is 3.44. The van der Waals surface area contributed by atoms with Crippen molar-refractivity contribution in [2.75, 3.05) is 6.54 Å². The maximum absolute atomic E-state index is 9.51. The number of hydrogen-bond acceptors (Lipinski definition) is 2. The van der Waals surface area contributed by atoms with E-state index in [4.69, 9.17) is 0 Å². The van der Waals surface area contributed by atoms with Crippen molar-refractivity contribution in [1.29, 1.82) is 0 Å². The van der Waals surface area contributed by atoms with E-state index in [1.807, 2.05) is 0 Å². The molecule has 0 spiro atoms. The molecule has 0 amide bonds. The summed E-state index contributed by atoms with van der Waals surface area (Å²) in [6.07, 6.45) is 6.00. The first-order valence-electron chi connectivity index (χ1n) is 5.21. The van der Waals surface area contributed by atoms with Gasteiger partial charge in [0, 0.05) is 18.6 Å². The summed E-state index contributed by atoms with van der Waals surface area (Å²) >= 11 is 0. The highest BCUT2D eigenvalue weighted by Gasteiger charge is 2.32. The van der Waals surface area contributed by atoms with Gasteiger partial charge in [-0.2, -0.15) is 0 Å². The molecule has 2 saturated heterocycles. The second-order valence-electron chi connectivity index (χ2n) is 4.35. The van der Waals surface area contributed by atoms with E-state index in [0.717, 1.165) is 25.4 Å². The summed E-state index contributed by atoms with van der Waals surface area (Å²) in [5.74, 6) is 0. The van der Waals surface area contributed by atoms with Crippen LogP contribution >= 0.6 is 0 Å². The fraction of sp³-hybridized carbons (Fsp3) is 1.00. The van der Waals surface area contributed by atoms with Gasteiger partial charge in [-0.05, 0) is 32.6 Å². The topological polar surface area (TPSA) is 23.5 Å². The Kier molecular flexibility index (Phi) is 2.37. The van der Waals surface area contributed by atoms with Gasteiger partial charge in [-0.25, -0.2) is 0 Å². The monoisotopic (exact) mass is 169 g/mol. The first-order chi connectivity index (χ1) is 5.77. The summed E-state index contributed by atoms with van der Waals surface area (Å²) in [5.41, 5.74) is 0. The lowest BCUT2D eigenvalue weighted by Crippen LogP contribution is -2.50. The fourth-order valence-corrected chi connectivity index (χ4v) is 2.73. The number of aliphatic hydroxyl groups is 1. The van der Waals surface area contributed by atoms with Crippen LogP contribution in [0.2, 0.25) is 0 Å². The van der Waals surface area contributed by atoms with E-state index in [1.165, 1.54) is 19.3 Å². The number of hydrogen-bond donors (Lipinski definition) is 1. The highest BCUT2D eigenvalue weighted by molar-refractivity contribution is 4.87. The SMILES string of the molecule is C[C@H]1CCC[C@H]2C[C@@H](O)CCN21. The van der Waals surface area contributed by atoms with Crippen molar-refractivity contribution in [2.24, 2.45) is 0 Å². The van der Waals surface area contributed by atoms with Crippen LogP contribution in [0.15, 0.2) is 0 Å². The number of piperidine rings is 2.